The third-order valence-electron chi connectivity index (χ3n) is 4.32. The van der Waals surface area contributed by atoms with E-state index in [0.717, 1.165) is 24.8 Å². The Morgan fingerprint density at radius 2 is 2.08 bits per heavy atom. The van der Waals surface area contributed by atoms with Crippen molar-refractivity contribution in [2.45, 2.75) is 38.9 Å². The summed E-state index contributed by atoms with van der Waals surface area (Å²) in [5.41, 5.74) is 0. The molecule has 3 rings (SSSR count). The number of piperidine rings is 1. The van der Waals surface area contributed by atoms with Gasteiger partial charge in [-0.25, -0.2) is 0 Å². The van der Waals surface area contributed by atoms with Crippen LogP contribution in [0.3, 0.4) is 0 Å². The van der Waals surface area contributed by atoms with Crippen LogP contribution < -0.4 is 0 Å². The molecule has 0 spiro atoms. The van der Waals surface area contributed by atoms with E-state index in [-0.39, 0.29) is 5.91 Å². The molecule has 2 aromatic rings. The zero-order chi connectivity index (χ0) is 17.1. The Bertz CT molecular complexity index is 673. The molecule has 7 heteroatoms. The summed E-state index contributed by atoms with van der Waals surface area (Å²) in [7, 11) is 0. The normalized spacial score (nSPS) is 21.2. The molecular formula is C17H24N4O2S. The first-order valence-electron chi connectivity index (χ1n) is 8.46. The number of aromatic nitrogens is 3. The number of furan rings is 1. The molecule has 0 radical (unpaired) electrons. The molecule has 3 heterocycles. The molecule has 0 saturated carbocycles. The summed E-state index contributed by atoms with van der Waals surface area (Å²) in [6.07, 6.45) is 2.83. The number of likely N-dealkylation sites (tertiary alicyclic amines) is 1. The van der Waals surface area contributed by atoms with E-state index < -0.39 is 0 Å². The van der Waals surface area contributed by atoms with Crippen LogP contribution in [-0.4, -0.2) is 44.4 Å². The highest BCUT2D eigenvalue weighted by Gasteiger charge is 2.26. The van der Waals surface area contributed by atoms with Crippen molar-refractivity contribution in [2.75, 3.05) is 18.8 Å². The fourth-order valence-corrected chi connectivity index (χ4v) is 4.26. The number of rotatable bonds is 5. The Labute approximate surface area is 146 Å². The summed E-state index contributed by atoms with van der Waals surface area (Å²) in [5, 5.41) is 9.21. The standard InChI is InChI=1S/C17H24N4O2S/c1-4-21-16(14-6-5-7-23-14)18-19-17(21)24-11-15(22)20-9-12(2)8-13(3)10-20/h5-7,12-13H,4,8-11H2,1-3H3. The van der Waals surface area contributed by atoms with Gasteiger partial charge in [-0.1, -0.05) is 25.6 Å². The highest BCUT2D eigenvalue weighted by Crippen LogP contribution is 2.26. The van der Waals surface area contributed by atoms with Crippen molar-refractivity contribution in [3.63, 3.8) is 0 Å². The minimum absolute atomic E-state index is 0.184. The first kappa shape index (κ1) is 17.1. The molecule has 130 valence electrons. The molecule has 1 saturated heterocycles. The second-order valence-electron chi connectivity index (χ2n) is 6.56. The second-order valence-corrected chi connectivity index (χ2v) is 7.50. The summed E-state index contributed by atoms with van der Waals surface area (Å²) >= 11 is 1.45. The first-order chi connectivity index (χ1) is 11.6. The molecule has 2 atom stereocenters. The summed E-state index contributed by atoms with van der Waals surface area (Å²) in [6, 6.07) is 3.70. The summed E-state index contributed by atoms with van der Waals surface area (Å²) in [4.78, 5) is 14.5. The van der Waals surface area contributed by atoms with Gasteiger partial charge in [-0.15, -0.1) is 10.2 Å². The van der Waals surface area contributed by atoms with Crippen LogP contribution in [0.2, 0.25) is 0 Å². The van der Waals surface area contributed by atoms with E-state index in [1.165, 1.54) is 18.2 Å². The number of amides is 1. The van der Waals surface area contributed by atoms with Gasteiger partial charge in [-0.3, -0.25) is 9.36 Å². The van der Waals surface area contributed by atoms with Crippen LogP contribution in [0, 0.1) is 11.8 Å². The quantitative estimate of drug-likeness (QED) is 0.777. The van der Waals surface area contributed by atoms with Gasteiger partial charge in [0.1, 0.15) is 0 Å². The Hall–Kier alpha value is -1.76. The van der Waals surface area contributed by atoms with Gasteiger partial charge in [0.15, 0.2) is 16.7 Å². The molecule has 1 fully saturated rings. The molecule has 24 heavy (non-hydrogen) atoms. The average Bonchev–Trinajstić information content (AvgIpc) is 3.20. The molecule has 1 aliphatic rings. The van der Waals surface area contributed by atoms with Gasteiger partial charge < -0.3 is 9.32 Å². The predicted molar refractivity (Wildman–Crippen MR) is 93.6 cm³/mol. The Kier molecular flexibility index (Phi) is 5.28. The molecule has 0 aliphatic carbocycles. The van der Waals surface area contributed by atoms with Crippen LogP contribution >= 0.6 is 11.8 Å². The average molecular weight is 348 g/mol. The Morgan fingerprint density at radius 3 is 2.71 bits per heavy atom. The van der Waals surface area contributed by atoms with E-state index in [9.17, 15) is 4.79 Å². The maximum atomic E-state index is 12.5. The summed E-state index contributed by atoms with van der Waals surface area (Å²) in [6.45, 7) is 8.93. The summed E-state index contributed by atoms with van der Waals surface area (Å²) in [5.74, 6) is 3.14. The second kappa shape index (κ2) is 7.42. The molecule has 0 N–H and O–H groups in total. The van der Waals surface area contributed by atoms with Crippen LogP contribution in [0.5, 0.6) is 0 Å². The van der Waals surface area contributed by atoms with Crippen molar-refractivity contribution in [3.05, 3.63) is 18.4 Å². The van der Waals surface area contributed by atoms with Crippen LogP contribution in [0.25, 0.3) is 11.6 Å². The van der Waals surface area contributed by atoms with Crippen LogP contribution in [0.4, 0.5) is 0 Å². The van der Waals surface area contributed by atoms with E-state index in [0.29, 0.717) is 29.2 Å². The van der Waals surface area contributed by atoms with Crippen LogP contribution in [0.1, 0.15) is 27.2 Å². The van der Waals surface area contributed by atoms with E-state index in [2.05, 4.69) is 24.0 Å². The number of hydrogen-bond donors (Lipinski definition) is 0. The fraction of sp³-hybridized carbons (Fsp3) is 0.588. The largest absolute Gasteiger partial charge is 0.461 e. The van der Waals surface area contributed by atoms with E-state index in [1.54, 1.807) is 6.26 Å². The molecular weight excluding hydrogens is 324 g/mol. The maximum Gasteiger partial charge on any atom is 0.233 e. The van der Waals surface area contributed by atoms with Crippen molar-refractivity contribution in [1.82, 2.24) is 19.7 Å². The molecule has 0 aromatic carbocycles. The molecule has 2 unspecified atom stereocenters. The van der Waals surface area contributed by atoms with Crippen LogP contribution in [0.15, 0.2) is 28.0 Å². The van der Waals surface area contributed by atoms with Crippen molar-refractivity contribution in [1.29, 1.82) is 0 Å². The van der Waals surface area contributed by atoms with Crippen molar-refractivity contribution in [3.8, 4) is 11.6 Å². The van der Waals surface area contributed by atoms with E-state index in [4.69, 9.17) is 4.42 Å². The Balaban J connectivity index is 1.65. The minimum atomic E-state index is 0.184. The van der Waals surface area contributed by atoms with E-state index in [1.807, 2.05) is 28.5 Å². The molecule has 1 amide bonds. The van der Waals surface area contributed by atoms with Gasteiger partial charge >= 0.3 is 0 Å². The van der Waals surface area contributed by atoms with Crippen molar-refractivity contribution in [2.24, 2.45) is 11.8 Å². The van der Waals surface area contributed by atoms with Gasteiger partial charge in [0.2, 0.25) is 5.91 Å². The molecule has 0 bridgehead atoms. The van der Waals surface area contributed by atoms with E-state index >= 15 is 0 Å². The topological polar surface area (TPSA) is 64.2 Å². The summed E-state index contributed by atoms with van der Waals surface area (Å²) < 4.78 is 7.40. The van der Waals surface area contributed by atoms with Crippen molar-refractivity contribution >= 4 is 17.7 Å². The number of nitrogens with zero attached hydrogens (tertiary/aromatic N) is 4. The van der Waals surface area contributed by atoms with Gasteiger partial charge in [-0.2, -0.15) is 0 Å². The Morgan fingerprint density at radius 1 is 1.33 bits per heavy atom. The zero-order valence-electron chi connectivity index (χ0n) is 14.4. The molecule has 2 aromatic heterocycles. The number of carbonyl (C=O) groups is 1. The first-order valence-corrected chi connectivity index (χ1v) is 9.44. The SMILES string of the molecule is CCn1c(SCC(=O)N2CC(C)CC(C)C2)nnc1-c1ccco1. The minimum Gasteiger partial charge on any atom is -0.461 e. The maximum absolute atomic E-state index is 12.5. The highest BCUT2D eigenvalue weighted by molar-refractivity contribution is 7.99. The van der Waals surface area contributed by atoms with Crippen molar-refractivity contribution < 1.29 is 9.21 Å². The third-order valence-corrected chi connectivity index (χ3v) is 5.27. The van der Waals surface area contributed by atoms with Gasteiger partial charge in [0, 0.05) is 19.6 Å². The predicted octanol–water partition coefficient (Wildman–Crippen LogP) is 3.15. The number of thioether (sulfide) groups is 1. The molecule has 6 nitrogen and oxygen atoms in total. The van der Waals surface area contributed by atoms with Crippen LogP contribution in [-0.2, 0) is 11.3 Å². The van der Waals surface area contributed by atoms with Gasteiger partial charge in [0.25, 0.3) is 0 Å². The smallest absolute Gasteiger partial charge is 0.233 e. The van der Waals surface area contributed by atoms with Gasteiger partial charge in [0.05, 0.1) is 12.0 Å². The fourth-order valence-electron chi connectivity index (χ4n) is 3.35. The lowest BCUT2D eigenvalue weighted by Crippen LogP contribution is -2.43. The lowest BCUT2D eigenvalue weighted by molar-refractivity contribution is -0.130. The van der Waals surface area contributed by atoms with Gasteiger partial charge in [-0.05, 0) is 37.3 Å². The number of carbonyl (C=O) groups excluding carboxylic acids is 1. The lowest BCUT2D eigenvalue weighted by atomic mass is 9.92. The molecule has 1 aliphatic heterocycles. The third kappa shape index (κ3) is 3.66. The monoisotopic (exact) mass is 348 g/mol. The highest BCUT2D eigenvalue weighted by atomic mass is 32.2. The lowest BCUT2D eigenvalue weighted by Gasteiger charge is -2.34. The number of hydrogen-bond acceptors (Lipinski definition) is 5. The zero-order valence-corrected chi connectivity index (χ0v) is 15.3.